The Hall–Kier alpha value is -2.30. The van der Waals surface area contributed by atoms with E-state index in [-0.39, 0.29) is 17.7 Å². The van der Waals surface area contributed by atoms with E-state index in [0.717, 1.165) is 42.3 Å². The summed E-state index contributed by atoms with van der Waals surface area (Å²) in [5, 5.41) is 4.07. The van der Waals surface area contributed by atoms with Gasteiger partial charge in [0.15, 0.2) is 0 Å². The van der Waals surface area contributed by atoms with E-state index in [2.05, 4.69) is 10.3 Å². The summed E-state index contributed by atoms with van der Waals surface area (Å²) in [6.07, 6.45) is 4.81. The number of carbonyl (C=O) groups is 2. The van der Waals surface area contributed by atoms with Gasteiger partial charge >= 0.3 is 0 Å². The van der Waals surface area contributed by atoms with Crippen LogP contribution in [0.15, 0.2) is 30.5 Å². The molecule has 0 radical (unpaired) electrons. The molecule has 5 heteroatoms. The summed E-state index contributed by atoms with van der Waals surface area (Å²) in [5.41, 5.74) is 2.10. The molecule has 2 heterocycles. The topological polar surface area (TPSA) is 65.2 Å². The van der Waals surface area contributed by atoms with Crippen LogP contribution in [0, 0.1) is 5.92 Å². The third-order valence-electron chi connectivity index (χ3n) is 4.78. The van der Waals surface area contributed by atoms with E-state index in [1.54, 1.807) is 0 Å². The molecule has 1 fully saturated rings. The van der Waals surface area contributed by atoms with E-state index < -0.39 is 0 Å². The van der Waals surface area contributed by atoms with Crippen molar-refractivity contribution in [3.8, 4) is 0 Å². The summed E-state index contributed by atoms with van der Waals surface area (Å²) in [5.74, 6) is 0.335. The number of nitrogens with one attached hydrogen (secondary N) is 2. The van der Waals surface area contributed by atoms with Gasteiger partial charge in [0, 0.05) is 42.7 Å². The Morgan fingerprint density at radius 3 is 2.75 bits per heavy atom. The number of benzene rings is 1. The monoisotopic (exact) mass is 327 g/mol. The molecule has 0 aliphatic carbocycles. The van der Waals surface area contributed by atoms with Crippen LogP contribution in [0.3, 0.4) is 0 Å². The molecule has 0 atom stereocenters. The van der Waals surface area contributed by atoms with E-state index in [1.807, 2.05) is 42.3 Å². The summed E-state index contributed by atoms with van der Waals surface area (Å²) in [4.78, 5) is 29.7. The molecule has 1 aliphatic rings. The summed E-state index contributed by atoms with van der Waals surface area (Å²) in [7, 11) is 0. The van der Waals surface area contributed by atoms with Crippen molar-refractivity contribution >= 4 is 22.7 Å². The zero-order valence-corrected chi connectivity index (χ0v) is 14.2. The van der Waals surface area contributed by atoms with Gasteiger partial charge in [-0.15, -0.1) is 0 Å². The van der Waals surface area contributed by atoms with Gasteiger partial charge in [-0.3, -0.25) is 9.59 Å². The maximum atomic E-state index is 12.6. The first-order chi connectivity index (χ1) is 11.7. The second-order valence-electron chi connectivity index (χ2n) is 6.48. The fraction of sp³-hybridized carbons (Fsp3) is 0.474. The Morgan fingerprint density at radius 1 is 1.25 bits per heavy atom. The molecular weight excluding hydrogens is 302 g/mol. The van der Waals surface area contributed by atoms with Crippen LogP contribution in [0.2, 0.25) is 0 Å². The van der Waals surface area contributed by atoms with Crippen LogP contribution in [0.4, 0.5) is 0 Å². The number of fused-ring (bicyclic) bond motifs is 1. The maximum Gasteiger partial charge on any atom is 0.227 e. The maximum absolute atomic E-state index is 12.6. The number of nitrogens with zero attached hydrogens (tertiary/aromatic N) is 1. The van der Waals surface area contributed by atoms with Crippen LogP contribution in [0.25, 0.3) is 10.9 Å². The molecule has 128 valence electrons. The highest BCUT2D eigenvalue weighted by molar-refractivity contribution is 5.89. The van der Waals surface area contributed by atoms with Crippen LogP contribution >= 0.6 is 0 Å². The molecule has 2 aromatic rings. The van der Waals surface area contributed by atoms with Crippen LogP contribution in [0.1, 0.15) is 31.7 Å². The first kappa shape index (κ1) is 16.6. The summed E-state index contributed by atoms with van der Waals surface area (Å²) < 4.78 is 0. The summed E-state index contributed by atoms with van der Waals surface area (Å²) in [6, 6.07) is 8.03. The second kappa shape index (κ2) is 7.51. The highest BCUT2D eigenvalue weighted by Gasteiger charge is 2.27. The first-order valence-electron chi connectivity index (χ1n) is 8.79. The molecule has 5 nitrogen and oxygen atoms in total. The standard InChI is InChI=1S/C19H25N3O2/c1-2-9-20-19(24)14-7-10-22(11-8-14)18(23)12-15-13-21-17-6-4-3-5-16(15)17/h3-6,13-14,21H,2,7-12H2,1H3,(H,20,24). The lowest BCUT2D eigenvalue weighted by Gasteiger charge is -2.31. The molecular formula is C19H25N3O2. The SMILES string of the molecule is CCCNC(=O)C1CCN(C(=O)Cc2c[nH]c3ccccc23)CC1. The number of hydrogen-bond acceptors (Lipinski definition) is 2. The third-order valence-corrected chi connectivity index (χ3v) is 4.78. The fourth-order valence-electron chi connectivity index (χ4n) is 3.34. The van der Waals surface area contributed by atoms with Crippen molar-refractivity contribution < 1.29 is 9.59 Å². The molecule has 2 N–H and O–H groups in total. The van der Waals surface area contributed by atoms with Gasteiger partial charge in [-0.2, -0.15) is 0 Å². The average molecular weight is 327 g/mol. The van der Waals surface area contributed by atoms with Gasteiger partial charge < -0.3 is 15.2 Å². The average Bonchev–Trinajstić information content (AvgIpc) is 3.03. The molecule has 0 spiro atoms. The van der Waals surface area contributed by atoms with Crippen molar-refractivity contribution in [1.29, 1.82) is 0 Å². The van der Waals surface area contributed by atoms with Gasteiger partial charge in [0.1, 0.15) is 0 Å². The van der Waals surface area contributed by atoms with Crippen molar-refractivity contribution in [3.05, 3.63) is 36.0 Å². The van der Waals surface area contributed by atoms with E-state index >= 15 is 0 Å². The van der Waals surface area contributed by atoms with Crippen LogP contribution < -0.4 is 5.32 Å². The largest absolute Gasteiger partial charge is 0.361 e. The van der Waals surface area contributed by atoms with Crippen LogP contribution in [-0.2, 0) is 16.0 Å². The van der Waals surface area contributed by atoms with Crippen LogP contribution in [0.5, 0.6) is 0 Å². The molecule has 2 amide bonds. The van der Waals surface area contributed by atoms with Crippen LogP contribution in [-0.4, -0.2) is 41.3 Å². The number of piperidine rings is 1. The normalized spacial score (nSPS) is 15.6. The minimum Gasteiger partial charge on any atom is -0.361 e. The predicted molar refractivity (Wildman–Crippen MR) is 94.6 cm³/mol. The Labute approximate surface area is 142 Å². The van der Waals surface area contributed by atoms with Crippen molar-refractivity contribution in [2.45, 2.75) is 32.6 Å². The Balaban J connectivity index is 1.55. The number of likely N-dealkylation sites (tertiary alicyclic amines) is 1. The molecule has 1 aliphatic heterocycles. The van der Waals surface area contributed by atoms with Gasteiger partial charge in [-0.05, 0) is 30.9 Å². The lowest BCUT2D eigenvalue weighted by Crippen LogP contribution is -2.43. The number of rotatable bonds is 5. The second-order valence-corrected chi connectivity index (χ2v) is 6.48. The highest BCUT2D eigenvalue weighted by atomic mass is 16.2. The van der Waals surface area contributed by atoms with E-state index in [0.29, 0.717) is 19.5 Å². The van der Waals surface area contributed by atoms with Gasteiger partial charge in [0.2, 0.25) is 11.8 Å². The van der Waals surface area contributed by atoms with E-state index in [1.165, 1.54) is 0 Å². The zero-order valence-electron chi connectivity index (χ0n) is 14.2. The number of hydrogen-bond donors (Lipinski definition) is 2. The van der Waals surface area contributed by atoms with Gasteiger partial charge in [0.25, 0.3) is 0 Å². The van der Waals surface area contributed by atoms with Crippen molar-refractivity contribution in [2.24, 2.45) is 5.92 Å². The fourth-order valence-corrected chi connectivity index (χ4v) is 3.34. The lowest BCUT2D eigenvalue weighted by molar-refractivity contribution is -0.135. The predicted octanol–water partition coefficient (Wildman–Crippen LogP) is 2.48. The van der Waals surface area contributed by atoms with Gasteiger partial charge in [-0.25, -0.2) is 0 Å². The number of amides is 2. The molecule has 0 unspecified atom stereocenters. The van der Waals surface area contributed by atoms with Crippen molar-refractivity contribution in [3.63, 3.8) is 0 Å². The smallest absolute Gasteiger partial charge is 0.227 e. The van der Waals surface area contributed by atoms with Crippen molar-refractivity contribution in [1.82, 2.24) is 15.2 Å². The minimum absolute atomic E-state index is 0.0497. The molecule has 0 bridgehead atoms. The Bertz CT molecular complexity index is 714. The van der Waals surface area contributed by atoms with Gasteiger partial charge in [0.05, 0.1) is 6.42 Å². The molecule has 1 saturated heterocycles. The minimum atomic E-state index is 0.0497. The molecule has 1 aromatic heterocycles. The van der Waals surface area contributed by atoms with E-state index in [4.69, 9.17) is 0 Å². The number of aromatic amines is 1. The number of H-pyrrole nitrogens is 1. The third kappa shape index (κ3) is 3.61. The molecule has 24 heavy (non-hydrogen) atoms. The van der Waals surface area contributed by atoms with Crippen molar-refractivity contribution in [2.75, 3.05) is 19.6 Å². The first-order valence-corrected chi connectivity index (χ1v) is 8.79. The Morgan fingerprint density at radius 2 is 2.00 bits per heavy atom. The van der Waals surface area contributed by atoms with E-state index in [9.17, 15) is 9.59 Å². The molecule has 0 saturated carbocycles. The number of carbonyl (C=O) groups excluding carboxylic acids is 2. The zero-order chi connectivity index (χ0) is 16.9. The molecule has 1 aromatic carbocycles. The summed E-state index contributed by atoms with van der Waals surface area (Å²) >= 11 is 0. The van der Waals surface area contributed by atoms with Gasteiger partial charge in [-0.1, -0.05) is 25.1 Å². The quantitative estimate of drug-likeness (QED) is 0.886. The summed E-state index contributed by atoms with van der Waals surface area (Å²) in [6.45, 7) is 4.13. The highest BCUT2D eigenvalue weighted by Crippen LogP contribution is 2.21. The molecule has 3 rings (SSSR count). The Kier molecular flexibility index (Phi) is 5.18. The number of para-hydroxylation sites is 1. The lowest BCUT2D eigenvalue weighted by atomic mass is 9.95. The number of aromatic nitrogens is 1.